The van der Waals surface area contributed by atoms with Crippen molar-refractivity contribution in [3.05, 3.63) is 59.0 Å². The third kappa shape index (κ3) is 5.85. The molecule has 0 atom stereocenters. The lowest BCUT2D eigenvalue weighted by molar-refractivity contribution is -0.136. The molecule has 0 aliphatic carbocycles. The first-order chi connectivity index (χ1) is 16.8. The van der Waals surface area contributed by atoms with Crippen LogP contribution in [-0.4, -0.2) is 62.0 Å². The highest BCUT2D eigenvalue weighted by atomic mass is 32.2. The van der Waals surface area contributed by atoms with Crippen molar-refractivity contribution < 1.29 is 31.7 Å². The standard InChI is InChI=1S/C24H24N2O7S2/c1-32-18-8-10-20(11-9-18)35(30,31)33-19-7-5-6-17(14-19)15-21-23(28)26(24(29)34-21)16-22(27)25-12-3-2-4-13-25/h5-11,14-15H,2-4,12-13,16H2,1H3/b21-15-. The third-order valence-corrected chi connectivity index (χ3v) is 7.75. The predicted molar refractivity (Wildman–Crippen MR) is 130 cm³/mol. The number of hydrogen-bond donors (Lipinski definition) is 0. The van der Waals surface area contributed by atoms with E-state index in [1.807, 2.05) is 0 Å². The van der Waals surface area contributed by atoms with E-state index in [9.17, 15) is 22.8 Å². The summed E-state index contributed by atoms with van der Waals surface area (Å²) in [6, 6.07) is 11.9. The van der Waals surface area contributed by atoms with Crippen molar-refractivity contribution in [3.63, 3.8) is 0 Å². The van der Waals surface area contributed by atoms with Crippen LogP contribution in [0.5, 0.6) is 11.5 Å². The van der Waals surface area contributed by atoms with Gasteiger partial charge in [0.05, 0.1) is 12.0 Å². The number of carbonyl (C=O) groups excluding carboxylic acids is 3. The molecule has 0 unspecified atom stereocenters. The van der Waals surface area contributed by atoms with Crippen LogP contribution in [0.3, 0.4) is 0 Å². The van der Waals surface area contributed by atoms with Crippen LogP contribution in [0.1, 0.15) is 24.8 Å². The van der Waals surface area contributed by atoms with E-state index < -0.39 is 21.3 Å². The second kappa shape index (κ2) is 10.5. The molecule has 0 N–H and O–H groups in total. The highest BCUT2D eigenvalue weighted by Gasteiger charge is 2.37. The maximum absolute atomic E-state index is 12.8. The Morgan fingerprint density at radius 1 is 1.03 bits per heavy atom. The van der Waals surface area contributed by atoms with Crippen LogP contribution in [0.25, 0.3) is 6.08 Å². The van der Waals surface area contributed by atoms with Crippen LogP contribution in [-0.2, 0) is 19.7 Å². The zero-order valence-electron chi connectivity index (χ0n) is 19.0. The Kier molecular flexibility index (Phi) is 7.46. The van der Waals surface area contributed by atoms with Gasteiger partial charge in [-0.1, -0.05) is 12.1 Å². The Balaban J connectivity index is 1.46. The van der Waals surface area contributed by atoms with E-state index in [0.717, 1.165) is 35.9 Å². The van der Waals surface area contributed by atoms with Crippen molar-refractivity contribution in [1.82, 2.24) is 9.80 Å². The largest absolute Gasteiger partial charge is 0.497 e. The maximum atomic E-state index is 12.8. The minimum absolute atomic E-state index is 0.0387. The summed E-state index contributed by atoms with van der Waals surface area (Å²) >= 11 is 0.741. The minimum Gasteiger partial charge on any atom is -0.497 e. The number of ether oxygens (including phenoxy) is 1. The second-order valence-corrected chi connectivity index (χ2v) is 10.5. The SMILES string of the molecule is COc1ccc(S(=O)(=O)Oc2cccc(/C=C3\SC(=O)N(CC(=O)N4CCCCC4)C3=O)c2)cc1. The van der Waals surface area contributed by atoms with E-state index in [0.29, 0.717) is 24.4 Å². The summed E-state index contributed by atoms with van der Waals surface area (Å²) in [7, 11) is -2.61. The Morgan fingerprint density at radius 2 is 1.74 bits per heavy atom. The molecule has 9 nitrogen and oxygen atoms in total. The number of carbonyl (C=O) groups is 3. The van der Waals surface area contributed by atoms with Crippen molar-refractivity contribution in [2.24, 2.45) is 0 Å². The number of imide groups is 1. The molecule has 0 aromatic heterocycles. The molecule has 4 rings (SSSR count). The first kappa shape index (κ1) is 24.8. The maximum Gasteiger partial charge on any atom is 0.339 e. The van der Waals surface area contributed by atoms with Crippen LogP contribution in [0.2, 0.25) is 0 Å². The predicted octanol–water partition coefficient (Wildman–Crippen LogP) is 3.51. The van der Waals surface area contributed by atoms with Crippen LogP contribution >= 0.6 is 11.8 Å². The topological polar surface area (TPSA) is 110 Å². The van der Waals surface area contributed by atoms with Gasteiger partial charge in [0.15, 0.2) is 0 Å². The number of piperidine rings is 1. The van der Waals surface area contributed by atoms with Gasteiger partial charge < -0.3 is 13.8 Å². The van der Waals surface area contributed by atoms with Crippen molar-refractivity contribution in [2.45, 2.75) is 24.2 Å². The van der Waals surface area contributed by atoms with E-state index in [1.54, 1.807) is 17.0 Å². The zero-order valence-corrected chi connectivity index (χ0v) is 20.6. The van der Waals surface area contributed by atoms with Crippen molar-refractivity contribution in [1.29, 1.82) is 0 Å². The smallest absolute Gasteiger partial charge is 0.339 e. The average Bonchev–Trinajstić information content (AvgIpc) is 3.11. The molecule has 3 amide bonds. The van der Waals surface area contributed by atoms with Crippen LogP contribution in [0.4, 0.5) is 4.79 Å². The molecule has 0 spiro atoms. The molecule has 0 bridgehead atoms. The van der Waals surface area contributed by atoms with Gasteiger partial charge in [-0.05, 0) is 79.1 Å². The van der Waals surface area contributed by atoms with Gasteiger partial charge in [0.1, 0.15) is 22.9 Å². The van der Waals surface area contributed by atoms with Gasteiger partial charge in [-0.15, -0.1) is 0 Å². The summed E-state index contributed by atoms with van der Waals surface area (Å²) in [4.78, 5) is 40.5. The fourth-order valence-corrected chi connectivity index (χ4v) is 5.50. The Hall–Kier alpha value is -3.31. The monoisotopic (exact) mass is 516 g/mol. The summed E-state index contributed by atoms with van der Waals surface area (Å²) in [5.41, 5.74) is 0.472. The first-order valence-electron chi connectivity index (χ1n) is 11.0. The van der Waals surface area contributed by atoms with Gasteiger partial charge in [-0.3, -0.25) is 19.3 Å². The summed E-state index contributed by atoms with van der Waals surface area (Å²) in [6.45, 7) is 0.986. The second-order valence-electron chi connectivity index (χ2n) is 7.99. The van der Waals surface area contributed by atoms with E-state index in [-0.39, 0.29) is 28.0 Å². The number of methoxy groups -OCH3 is 1. The molecule has 11 heteroatoms. The molecule has 2 saturated heterocycles. The van der Waals surface area contributed by atoms with E-state index >= 15 is 0 Å². The van der Waals surface area contributed by atoms with Crippen LogP contribution < -0.4 is 8.92 Å². The normalized spacial score (nSPS) is 17.7. The lowest BCUT2D eigenvalue weighted by Crippen LogP contribution is -2.44. The molecule has 184 valence electrons. The van der Waals surface area contributed by atoms with Gasteiger partial charge >= 0.3 is 10.1 Å². The van der Waals surface area contributed by atoms with E-state index in [2.05, 4.69) is 0 Å². The van der Waals surface area contributed by atoms with E-state index in [4.69, 9.17) is 8.92 Å². The molecular formula is C24H24N2O7S2. The van der Waals surface area contributed by atoms with Gasteiger partial charge in [0.2, 0.25) is 5.91 Å². The molecule has 2 aliphatic heterocycles. The highest BCUT2D eigenvalue weighted by Crippen LogP contribution is 2.33. The summed E-state index contributed by atoms with van der Waals surface area (Å²) in [5.74, 6) is -0.235. The fraction of sp³-hybridized carbons (Fsp3) is 0.292. The Labute approximate surface area is 207 Å². The quantitative estimate of drug-likeness (QED) is 0.406. The Morgan fingerprint density at radius 3 is 2.43 bits per heavy atom. The molecule has 2 fully saturated rings. The Bertz CT molecular complexity index is 1270. The molecule has 2 heterocycles. The van der Waals surface area contributed by atoms with E-state index in [1.165, 1.54) is 49.6 Å². The summed E-state index contributed by atoms with van der Waals surface area (Å²) in [5, 5.41) is -0.513. The van der Waals surface area contributed by atoms with Gasteiger partial charge in [-0.2, -0.15) is 8.42 Å². The molecule has 0 radical (unpaired) electrons. The first-order valence-corrected chi connectivity index (χ1v) is 13.2. The molecular weight excluding hydrogens is 492 g/mol. The summed E-state index contributed by atoms with van der Waals surface area (Å²) < 4.78 is 35.5. The lowest BCUT2D eigenvalue weighted by atomic mass is 10.1. The van der Waals surface area contributed by atoms with Crippen LogP contribution in [0, 0.1) is 0 Å². The van der Waals surface area contributed by atoms with Crippen molar-refractivity contribution >= 4 is 45.0 Å². The van der Waals surface area contributed by atoms with Gasteiger partial charge in [0, 0.05) is 13.1 Å². The fourth-order valence-electron chi connectivity index (χ4n) is 3.74. The summed E-state index contributed by atoms with van der Waals surface area (Å²) in [6.07, 6.45) is 4.38. The number of likely N-dealkylation sites (tertiary alicyclic amines) is 1. The van der Waals surface area contributed by atoms with Crippen molar-refractivity contribution in [3.8, 4) is 11.5 Å². The average molecular weight is 517 g/mol. The minimum atomic E-state index is -4.09. The molecule has 2 aromatic rings. The molecule has 2 aromatic carbocycles. The number of amides is 3. The zero-order chi connectivity index (χ0) is 25.0. The third-order valence-electron chi connectivity index (χ3n) is 5.59. The number of benzene rings is 2. The number of thioether (sulfide) groups is 1. The highest BCUT2D eigenvalue weighted by molar-refractivity contribution is 8.18. The number of rotatable bonds is 7. The van der Waals surface area contributed by atoms with Gasteiger partial charge in [-0.25, -0.2) is 0 Å². The molecule has 2 aliphatic rings. The number of nitrogens with zero attached hydrogens (tertiary/aromatic N) is 2. The van der Waals surface area contributed by atoms with Crippen molar-refractivity contribution in [2.75, 3.05) is 26.7 Å². The molecule has 35 heavy (non-hydrogen) atoms. The van der Waals surface area contributed by atoms with Gasteiger partial charge in [0.25, 0.3) is 11.1 Å². The van der Waals surface area contributed by atoms with Crippen LogP contribution in [0.15, 0.2) is 58.3 Å². The lowest BCUT2D eigenvalue weighted by Gasteiger charge is -2.27. The number of hydrogen-bond acceptors (Lipinski definition) is 8. The molecule has 0 saturated carbocycles.